The molecule has 0 fully saturated rings. The Morgan fingerprint density at radius 1 is 1.23 bits per heavy atom. The molecule has 0 saturated heterocycles. The van der Waals surface area contributed by atoms with E-state index in [0.29, 0.717) is 0 Å². The molecule has 0 unspecified atom stereocenters. The summed E-state index contributed by atoms with van der Waals surface area (Å²) in [7, 11) is 0. The number of phenols is 1. The molecule has 1 N–H and O–H groups in total. The van der Waals surface area contributed by atoms with Crippen molar-refractivity contribution in [1.29, 1.82) is 0 Å². The van der Waals surface area contributed by atoms with Crippen LogP contribution in [-0.4, -0.2) is 10.9 Å². The number of phenolic OH excluding ortho intramolecular Hbond substituents is 1. The summed E-state index contributed by atoms with van der Waals surface area (Å²) in [5, 5.41) is 9.31. The van der Waals surface area contributed by atoms with Crippen molar-refractivity contribution in [3.63, 3.8) is 0 Å². The molecule has 0 radical (unpaired) electrons. The van der Waals surface area contributed by atoms with Crippen molar-refractivity contribution < 1.29 is 9.90 Å². The van der Waals surface area contributed by atoms with Crippen molar-refractivity contribution in [2.75, 3.05) is 0 Å². The van der Waals surface area contributed by atoms with Gasteiger partial charge in [-0.2, -0.15) is 0 Å². The average Bonchev–Trinajstić information content (AvgIpc) is 2.27. The zero-order valence-corrected chi connectivity index (χ0v) is 7.59. The van der Waals surface area contributed by atoms with E-state index in [-0.39, 0.29) is 11.5 Å². The van der Waals surface area contributed by atoms with Gasteiger partial charge in [0, 0.05) is 5.56 Å². The molecule has 2 nitrogen and oxygen atoms in total. The number of ketones is 1. The number of hydrogen-bond donors (Lipinski definition) is 1. The third kappa shape index (κ3) is 1.06. The van der Waals surface area contributed by atoms with E-state index in [0.717, 1.165) is 22.3 Å². The van der Waals surface area contributed by atoms with Crippen LogP contribution in [0, 0.1) is 6.92 Å². The molecule has 13 heavy (non-hydrogen) atoms. The molecule has 0 spiro atoms. The molecule has 0 aliphatic heterocycles. The monoisotopic (exact) mass is 174 g/mol. The first kappa shape index (κ1) is 8.05. The highest BCUT2D eigenvalue weighted by Crippen LogP contribution is 2.30. The van der Waals surface area contributed by atoms with Crippen LogP contribution in [0.3, 0.4) is 0 Å². The summed E-state index contributed by atoms with van der Waals surface area (Å²) < 4.78 is 0. The number of rotatable bonds is 0. The molecule has 1 aromatic rings. The Morgan fingerprint density at radius 2 is 1.92 bits per heavy atom. The van der Waals surface area contributed by atoms with Crippen LogP contribution >= 0.6 is 0 Å². The minimum atomic E-state index is 0.0764. The van der Waals surface area contributed by atoms with Crippen LogP contribution in [0.1, 0.15) is 28.4 Å². The number of Topliss-reactive ketones (excluding diaryl/α,β-unsaturated/α-hetero) is 1. The highest BCUT2D eigenvalue weighted by Gasteiger charge is 2.21. The Hall–Kier alpha value is -1.57. The normalized spacial score (nSPS) is 14.3. The van der Waals surface area contributed by atoms with E-state index in [1.165, 1.54) is 0 Å². The zero-order chi connectivity index (χ0) is 9.59. The number of benzene rings is 1. The Kier molecular flexibility index (Phi) is 1.52. The van der Waals surface area contributed by atoms with Crippen LogP contribution in [0.2, 0.25) is 0 Å². The van der Waals surface area contributed by atoms with E-state index < -0.39 is 0 Å². The van der Waals surface area contributed by atoms with Gasteiger partial charge in [-0.15, -0.1) is 0 Å². The van der Waals surface area contributed by atoms with Crippen LogP contribution < -0.4 is 0 Å². The van der Waals surface area contributed by atoms with E-state index in [2.05, 4.69) is 0 Å². The second kappa shape index (κ2) is 2.46. The Morgan fingerprint density at radius 3 is 2.62 bits per heavy atom. The van der Waals surface area contributed by atoms with E-state index in [9.17, 15) is 9.90 Å². The van der Waals surface area contributed by atoms with E-state index in [1.54, 1.807) is 19.1 Å². The van der Waals surface area contributed by atoms with Gasteiger partial charge in [-0.3, -0.25) is 4.79 Å². The maximum atomic E-state index is 11.6. The molecule has 2 heteroatoms. The fourth-order valence-electron chi connectivity index (χ4n) is 1.71. The summed E-state index contributed by atoms with van der Waals surface area (Å²) in [6.45, 7) is 3.63. The van der Waals surface area contributed by atoms with Crippen LogP contribution in [0.5, 0.6) is 5.75 Å². The van der Waals surface area contributed by atoms with Crippen molar-refractivity contribution in [1.82, 2.24) is 0 Å². The van der Waals surface area contributed by atoms with Gasteiger partial charge < -0.3 is 5.11 Å². The van der Waals surface area contributed by atoms with Crippen LogP contribution in [0.15, 0.2) is 17.7 Å². The highest BCUT2D eigenvalue weighted by molar-refractivity contribution is 6.18. The van der Waals surface area contributed by atoms with Gasteiger partial charge in [0.05, 0.1) is 0 Å². The lowest BCUT2D eigenvalue weighted by Crippen LogP contribution is -1.98. The fourth-order valence-corrected chi connectivity index (χ4v) is 1.71. The van der Waals surface area contributed by atoms with Gasteiger partial charge in [-0.1, -0.05) is 0 Å². The van der Waals surface area contributed by atoms with Gasteiger partial charge in [0.1, 0.15) is 5.75 Å². The lowest BCUT2D eigenvalue weighted by molar-refractivity contribution is 0.103. The minimum Gasteiger partial charge on any atom is -0.508 e. The molecule has 0 amide bonds. The van der Waals surface area contributed by atoms with Crippen LogP contribution in [0.25, 0.3) is 6.08 Å². The van der Waals surface area contributed by atoms with E-state index in [4.69, 9.17) is 0 Å². The predicted molar refractivity (Wildman–Crippen MR) is 50.8 cm³/mol. The molecule has 1 aliphatic rings. The highest BCUT2D eigenvalue weighted by atomic mass is 16.3. The van der Waals surface area contributed by atoms with Crippen molar-refractivity contribution in [3.05, 3.63) is 34.4 Å². The number of fused-ring (bicyclic) bond motifs is 1. The van der Waals surface area contributed by atoms with Crippen LogP contribution in [-0.2, 0) is 0 Å². The smallest absolute Gasteiger partial charge is 0.189 e. The molecule has 0 heterocycles. The Balaban J connectivity index is 2.73. The summed E-state index contributed by atoms with van der Waals surface area (Å²) in [6, 6.07) is 3.24. The summed E-state index contributed by atoms with van der Waals surface area (Å²) in [4.78, 5) is 11.6. The van der Waals surface area contributed by atoms with E-state index in [1.807, 2.05) is 13.0 Å². The number of hydrogen-bond acceptors (Lipinski definition) is 2. The molecule has 2 rings (SSSR count). The minimum absolute atomic E-state index is 0.0764. The summed E-state index contributed by atoms with van der Waals surface area (Å²) in [6.07, 6.45) is 1.81. The molecule has 0 atom stereocenters. The number of allylic oxidation sites excluding steroid dienone is 1. The SMILES string of the molecule is CC1=Cc2cc(O)cc(C)c2C1=O. The van der Waals surface area contributed by atoms with Crippen molar-refractivity contribution in [3.8, 4) is 5.75 Å². The number of aromatic hydroxyl groups is 1. The average molecular weight is 174 g/mol. The topological polar surface area (TPSA) is 37.3 Å². The third-order valence-electron chi connectivity index (χ3n) is 2.31. The maximum absolute atomic E-state index is 11.6. The van der Waals surface area contributed by atoms with Gasteiger partial charge in [-0.05, 0) is 48.8 Å². The quantitative estimate of drug-likeness (QED) is 0.655. The summed E-state index contributed by atoms with van der Waals surface area (Å²) in [5.41, 5.74) is 3.15. The molecule has 0 aromatic heterocycles. The van der Waals surface area contributed by atoms with Gasteiger partial charge in [0.25, 0.3) is 0 Å². The lowest BCUT2D eigenvalue weighted by Gasteiger charge is -2.03. The second-order valence-corrected chi connectivity index (χ2v) is 3.38. The standard InChI is InChI=1S/C11H10O2/c1-6-4-9(12)5-8-3-7(2)11(13)10(6)8/h3-5,12H,1-2H3. The van der Waals surface area contributed by atoms with Crippen molar-refractivity contribution >= 4 is 11.9 Å². The van der Waals surface area contributed by atoms with Gasteiger partial charge in [-0.25, -0.2) is 0 Å². The third-order valence-corrected chi connectivity index (χ3v) is 2.31. The molecule has 1 aliphatic carbocycles. The number of aryl methyl sites for hydroxylation is 1. The summed E-state index contributed by atoms with van der Waals surface area (Å²) in [5.74, 6) is 0.294. The van der Waals surface area contributed by atoms with Crippen molar-refractivity contribution in [2.45, 2.75) is 13.8 Å². The zero-order valence-electron chi connectivity index (χ0n) is 7.59. The largest absolute Gasteiger partial charge is 0.508 e. The Labute approximate surface area is 76.5 Å². The molecule has 0 bridgehead atoms. The molecular weight excluding hydrogens is 164 g/mol. The van der Waals surface area contributed by atoms with Gasteiger partial charge in [0.15, 0.2) is 5.78 Å². The summed E-state index contributed by atoms with van der Waals surface area (Å²) >= 11 is 0. The molecule has 1 aromatic carbocycles. The first-order valence-corrected chi connectivity index (χ1v) is 4.16. The lowest BCUT2D eigenvalue weighted by atomic mass is 10.0. The molecule has 66 valence electrons. The first-order valence-electron chi connectivity index (χ1n) is 4.16. The van der Waals surface area contributed by atoms with Gasteiger partial charge >= 0.3 is 0 Å². The number of carbonyl (C=O) groups is 1. The van der Waals surface area contributed by atoms with E-state index >= 15 is 0 Å². The van der Waals surface area contributed by atoms with Gasteiger partial charge in [0.2, 0.25) is 0 Å². The second-order valence-electron chi connectivity index (χ2n) is 3.38. The Bertz CT molecular complexity index is 428. The fraction of sp³-hybridized carbons (Fsp3) is 0.182. The maximum Gasteiger partial charge on any atom is 0.189 e. The first-order chi connectivity index (χ1) is 6.09. The van der Waals surface area contributed by atoms with Crippen LogP contribution in [0.4, 0.5) is 0 Å². The van der Waals surface area contributed by atoms with Crippen molar-refractivity contribution in [2.24, 2.45) is 0 Å². The predicted octanol–water partition coefficient (Wildman–Crippen LogP) is 2.30. The molecule has 0 saturated carbocycles. The molecular formula is C11H10O2. The number of carbonyl (C=O) groups excluding carboxylic acids is 1.